The number of methoxy groups -OCH3 is 1. The standard InChI is InChI=1S/C11H21NO3/c1-3-4-5-6-9-7-10(15-2)12(8-9)11(13)14/h9-10H,3-8H2,1-2H3,(H,13,14). The minimum absolute atomic E-state index is 0.228. The highest BCUT2D eigenvalue weighted by molar-refractivity contribution is 5.65. The van der Waals surface area contributed by atoms with E-state index in [-0.39, 0.29) is 6.23 Å². The maximum atomic E-state index is 10.9. The maximum Gasteiger partial charge on any atom is 0.409 e. The van der Waals surface area contributed by atoms with Crippen LogP contribution < -0.4 is 0 Å². The molecule has 4 heteroatoms. The van der Waals surface area contributed by atoms with Crippen LogP contribution in [0.2, 0.25) is 0 Å². The van der Waals surface area contributed by atoms with Crippen LogP contribution in [0.4, 0.5) is 4.79 Å². The highest BCUT2D eigenvalue weighted by Gasteiger charge is 2.34. The molecule has 0 spiro atoms. The van der Waals surface area contributed by atoms with Crippen molar-refractivity contribution in [1.82, 2.24) is 4.90 Å². The van der Waals surface area contributed by atoms with E-state index in [1.54, 1.807) is 7.11 Å². The van der Waals surface area contributed by atoms with Crippen molar-refractivity contribution in [2.45, 2.75) is 45.3 Å². The fourth-order valence-corrected chi connectivity index (χ4v) is 2.20. The lowest BCUT2D eigenvalue weighted by molar-refractivity contribution is 0.00399. The summed E-state index contributed by atoms with van der Waals surface area (Å²) in [5, 5.41) is 8.95. The highest BCUT2D eigenvalue weighted by Crippen LogP contribution is 2.27. The number of hydrogen-bond donors (Lipinski definition) is 1. The van der Waals surface area contributed by atoms with E-state index < -0.39 is 6.09 Å². The first-order chi connectivity index (χ1) is 7.19. The van der Waals surface area contributed by atoms with Crippen LogP contribution in [0, 0.1) is 5.92 Å². The van der Waals surface area contributed by atoms with Crippen LogP contribution in [0.15, 0.2) is 0 Å². The lowest BCUT2D eigenvalue weighted by atomic mass is 10.0. The lowest BCUT2D eigenvalue weighted by Crippen LogP contribution is -2.35. The lowest BCUT2D eigenvalue weighted by Gasteiger charge is -2.19. The summed E-state index contributed by atoms with van der Waals surface area (Å²) in [5.41, 5.74) is 0. The Hall–Kier alpha value is -0.770. The summed E-state index contributed by atoms with van der Waals surface area (Å²) in [6, 6.07) is 0. The van der Waals surface area contributed by atoms with Crippen molar-refractivity contribution in [1.29, 1.82) is 0 Å². The van der Waals surface area contributed by atoms with E-state index >= 15 is 0 Å². The van der Waals surface area contributed by atoms with Crippen molar-refractivity contribution in [3.63, 3.8) is 0 Å². The van der Waals surface area contributed by atoms with Gasteiger partial charge < -0.3 is 9.84 Å². The minimum atomic E-state index is -0.861. The van der Waals surface area contributed by atoms with E-state index in [2.05, 4.69) is 6.92 Å². The maximum absolute atomic E-state index is 10.9. The number of unbranched alkanes of at least 4 members (excludes halogenated alkanes) is 2. The normalized spacial score (nSPS) is 25.9. The number of likely N-dealkylation sites (tertiary alicyclic amines) is 1. The summed E-state index contributed by atoms with van der Waals surface area (Å²) in [4.78, 5) is 12.3. The highest BCUT2D eigenvalue weighted by atomic mass is 16.5. The third-order valence-corrected chi connectivity index (χ3v) is 3.07. The molecule has 1 fully saturated rings. The van der Waals surface area contributed by atoms with E-state index in [0.29, 0.717) is 12.5 Å². The summed E-state index contributed by atoms with van der Waals surface area (Å²) in [7, 11) is 1.58. The molecule has 2 atom stereocenters. The predicted molar refractivity (Wildman–Crippen MR) is 57.8 cm³/mol. The third-order valence-electron chi connectivity index (χ3n) is 3.07. The second kappa shape index (κ2) is 5.95. The number of ether oxygens (including phenoxy) is 1. The molecular weight excluding hydrogens is 194 g/mol. The SMILES string of the molecule is CCCCCC1CC(OC)N(C(=O)O)C1. The Labute approximate surface area is 91.2 Å². The summed E-state index contributed by atoms with van der Waals surface area (Å²) in [5.74, 6) is 0.484. The van der Waals surface area contributed by atoms with Crippen molar-refractivity contribution in [3.8, 4) is 0 Å². The van der Waals surface area contributed by atoms with Crippen molar-refractivity contribution in [2.24, 2.45) is 5.92 Å². The average Bonchev–Trinajstić information content (AvgIpc) is 2.62. The van der Waals surface area contributed by atoms with Gasteiger partial charge in [-0.25, -0.2) is 4.79 Å². The Bertz CT molecular complexity index is 208. The van der Waals surface area contributed by atoms with Gasteiger partial charge in [0.15, 0.2) is 0 Å². The van der Waals surface area contributed by atoms with Crippen LogP contribution in [0.25, 0.3) is 0 Å². The number of rotatable bonds is 5. The van der Waals surface area contributed by atoms with Gasteiger partial charge >= 0.3 is 6.09 Å². The third kappa shape index (κ3) is 3.38. The van der Waals surface area contributed by atoms with Crippen LogP contribution in [-0.2, 0) is 4.74 Å². The Morgan fingerprint density at radius 2 is 2.27 bits per heavy atom. The van der Waals surface area contributed by atoms with Gasteiger partial charge in [-0.15, -0.1) is 0 Å². The number of carbonyl (C=O) groups is 1. The van der Waals surface area contributed by atoms with Gasteiger partial charge in [0, 0.05) is 13.7 Å². The molecule has 0 saturated carbocycles. The molecule has 1 aliphatic rings. The molecule has 1 heterocycles. The number of nitrogens with zero attached hydrogens (tertiary/aromatic N) is 1. The molecule has 88 valence electrons. The predicted octanol–water partition coefficient (Wildman–Crippen LogP) is 2.54. The zero-order valence-corrected chi connectivity index (χ0v) is 9.61. The fourth-order valence-electron chi connectivity index (χ4n) is 2.20. The molecule has 2 unspecified atom stereocenters. The van der Waals surface area contributed by atoms with Crippen molar-refractivity contribution >= 4 is 6.09 Å². The molecule has 15 heavy (non-hydrogen) atoms. The Balaban J connectivity index is 2.35. The molecule has 0 aromatic rings. The number of carboxylic acid groups (broad SMARTS) is 1. The molecule has 1 amide bonds. The van der Waals surface area contributed by atoms with Gasteiger partial charge in [0.2, 0.25) is 0 Å². The first-order valence-corrected chi connectivity index (χ1v) is 5.71. The second-order valence-electron chi connectivity index (χ2n) is 4.22. The Kier molecular flexibility index (Phi) is 4.88. The van der Waals surface area contributed by atoms with E-state index in [9.17, 15) is 4.79 Å². The second-order valence-corrected chi connectivity index (χ2v) is 4.22. The van der Waals surface area contributed by atoms with Crippen molar-refractivity contribution in [2.75, 3.05) is 13.7 Å². The number of hydrogen-bond acceptors (Lipinski definition) is 2. The van der Waals surface area contributed by atoms with Crippen LogP contribution in [0.3, 0.4) is 0 Å². The van der Waals surface area contributed by atoms with Crippen molar-refractivity contribution in [3.05, 3.63) is 0 Å². The topological polar surface area (TPSA) is 49.8 Å². The van der Waals surface area contributed by atoms with Crippen LogP contribution >= 0.6 is 0 Å². The van der Waals surface area contributed by atoms with Gasteiger partial charge in [-0.3, -0.25) is 4.90 Å². The summed E-state index contributed by atoms with van der Waals surface area (Å²) in [6.45, 7) is 2.81. The van der Waals surface area contributed by atoms with Gasteiger partial charge in [0.05, 0.1) is 0 Å². The molecule has 0 aromatic heterocycles. The first kappa shape index (κ1) is 12.3. The van der Waals surface area contributed by atoms with Gasteiger partial charge in [0.1, 0.15) is 6.23 Å². The van der Waals surface area contributed by atoms with E-state index in [1.165, 1.54) is 24.2 Å². The monoisotopic (exact) mass is 215 g/mol. The number of amides is 1. The van der Waals surface area contributed by atoms with Crippen LogP contribution in [-0.4, -0.2) is 36.0 Å². The summed E-state index contributed by atoms with van der Waals surface area (Å²) >= 11 is 0. The van der Waals surface area contributed by atoms with Crippen LogP contribution in [0.1, 0.15) is 39.0 Å². The molecule has 0 aromatic carbocycles. The van der Waals surface area contributed by atoms with Gasteiger partial charge in [0.25, 0.3) is 0 Å². The largest absolute Gasteiger partial charge is 0.465 e. The smallest absolute Gasteiger partial charge is 0.409 e. The molecule has 4 nitrogen and oxygen atoms in total. The fraction of sp³-hybridized carbons (Fsp3) is 0.909. The summed E-state index contributed by atoms with van der Waals surface area (Å²) < 4.78 is 5.17. The molecule has 0 bridgehead atoms. The van der Waals surface area contributed by atoms with E-state index in [4.69, 9.17) is 9.84 Å². The molecular formula is C11H21NO3. The first-order valence-electron chi connectivity index (χ1n) is 5.71. The minimum Gasteiger partial charge on any atom is -0.465 e. The molecule has 1 aliphatic heterocycles. The quantitative estimate of drug-likeness (QED) is 0.717. The summed E-state index contributed by atoms with van der Waals surface area (Å²) in [6.07, 6.45) is 4.54. The van der Waals surface area contributed by atoms with Crippen molar-refractivity contribution < 1.29 is 14.6 Å². The molecule has 1 saturated heterocycles. The Morgan fingerprint density at radius 3 is 2.73 bits per heavy atom. The molecule has 0 radical (unpaired) electrons. The average molecular weight is 215 g/mol. The van der Waals surface area contributed by atoms with Gasteiger partial charge in [-0.05, 0) is 18.8 Å². The van der Waals surface area contributed by atoms with E-state index in [0.717, 1.165) is 12.8 Å². The van der Waals surface area contributed by atoms with E-state index in [1.807, 2.05) is 0 Å². The molecule has 0 aliphatic carbocycles. The zero-order chi connectivity index (χ0) is 11.3. The van der Waals surface area contributed by atoms with Crippen LogP contribution in [0.5, 0.6) is 0 Å². The molecule has 1 N–H and O–H groups in total. The Morgan fingerprint density at radius 1 is 1.53 bits per heavy atom. The van der Waals surface area contributed by atoms with Gasteiger partial charge in [-0.2, -0.15) is 0 Å². The zero-order valence-electron chi connectivity index (χ0n) is 9.61. The van der Waals surface area contributed by atoms with Gasteiger partial charge in [-0.1, -0.05) is 26.2 Å². The molecule has 1 rings (SSSR count).